The number of nitrogens with zero attached hydrogens (tertiary/aromatic N) is 1. The van der Waals surface area contributed by atoms with Gasteiger partial charge in [0.15, 0.2) is 0 Å². The molecule has 1 heterocycles. The van der Waals surface area contributed by atoms with Gasteiger partial charge in [-0.15, -0.1) is 0 Å². The maximum atomic E-state index is 12.0. The van der Waals surface area contributed by atoms with Crippen molar-refractivity contribution in [3.8, 4) is 0 Å². The number of hydrogen-bond acceptors (Lipinski definition) is 3. The Bertz CT molecular complexity index is 374. The largest absolute Gasteiger partial charge is 0.386 e. The van der Waals surface area contributed by atoms with Gasteiger partial charge in [-0.1, -0.05) is 6.92 Å². The van der Waals surface area contributed by atoms with Crippen molar-refractivity contribution in [3.63, 3.8) is 0 Å². The minimum absolute atomic E-state index is 0.0707. The molecule has 4 nitrogen and oxygen atoms in total. The highest BCUT2D eigenvalue weighted by molar-refractivity contribution is 5.99. The van der Waals surface area contributed by atoms with Gasteiger partial charge in [-0.25, -0.2) is 0 Å². The standard InChI is InChI=1S/C12H19N3O/c1-5-12(2,3)15-11(16)9-6-7-14-8-10(9)13-4/h6-8,13H,5H2,1-4H3,(H,15,16). The third kappa shape index (κ3) is 2.95. The molecule has 0 aliphatic heterocycles. The van der Waals surface area contributed by atoms with Gasteiger partial charge in [-0.3, -0.25) is 9.78 Å². The predicted octanol–water partition coefficient (Wildman–Crippen LogP) is 2.04. The van der Waals surface area contributed by atoms with Gasteiger partial charge in [0.1, 0.15) is 0 Å². The molecule has 0 unspecified atom stereocenters. The highest BCUT2D eigenvalue weighted by atomic mass is 16.1. The van der Waals surface area contributed by atoms with E-state index in [9.17, 15) is 4.79 Å². The van der Waals surface area contributed by atoms with Crippen molar-refractivity contribution in [3.05, 3.63) is 24.0 Å². The summed E-state index contributed by atoms with van der Waals surface area (Å²) in [7, 11) is 1.78. The van der Waals surface area contributed by atoms with Gasteiger partial charge in [0.2, 0.25) is 0 Å². The van der Waals surface area contributed by atoms with Crippen LogP contribution < -0.4 is 10.6 Å². The summed E-state index contributed by atoms with van der Waals surface area (Å²) in [6.07, 6.45) is 4.15. The third-order valence-electron chi connectivity index (χ3n) is 2.67. The van der Waals surface area contributed by atoms with Gasteiger partial charge in [0.05, 0.1) is 17.4 Å². The normalized spacial score (nSPS) is 11.0. The van der Waals surface area contributed by atoms with Gasteiger partial charge in [0, 0.05) is 18.8 Å². The summed E-state index contributed by atoms with van der Waals surface area (Å²) in [6.45, 7) is 6.06. The number of carbonyl (C=O) groups is 1. The molecule has 1 amide bonds. The fourth-order valence-electron chi connectivity index (χ4n) is 1.25. The Morgan fingerprint density at radius 1 is 1.50 bits per heavy atom. The van der Waals surface area contributed by atoms with Crippen molar-refractivity contribution in [1.29, 1.82) is 0 Å². The van der Waals surface area contributed by atoms with Crippen LogP contribution in [-0.4, -0.2) is 23.5 Å². The molecule has 1 aromatic heterocycles. The fourth-order valence-corrected chi connectivity index (χ4v) is 1.25. The van der Waals surface area contributed by atoms with Gasteiger partial charge < -0.3 is 10.6 Å². The second-order valence-electron chi connectivity index (χ2n) is 4.36. The number of nitrogens with one attached hydrogen (secondary N) is 2. The molecule has 0 atom stereocenters. The van der Waals surface area contributed by atoms with Crippen molar-refractivity contribution in [2.45, 2.75) is 32.7 Å². The van der Waals surface area contributed by atoms with Crippen LogP contribution in [0.25, 0.3) is 0 Å². The molecule has 0 aromatic carbocycles. The first-order chi connectivity index (χ1) is 7.50. The van der Waals surface area contributed by atoms with Crippen molar-refractivity contribution >= 4 is 11.6 Å². The van der Waals surface area contributed by atoms with E-state index in [1.165, 1.54) is 0 Å². The predicted molar refractivity (Wildman–Crippen MR) is 65.6 cm³/mol. The zero-order chi connectivity index (χ0) is 12.2. The van der Waals surface area contributed by atoms with E-state index in [0.717, 1.165) is 12.1 Å². The molecule has 1 aromatic rings. The van der Waals surface area contributed by atoms with Crippen molar-refractivity contribution < 1.29 is 4.79 Å². The maximum absolute atomic E-state index is 12.0. The van der Waals surface area contributed by atoms with E-state index in [2.05, 4.69) is 15.6 Å². The number of aromatic nitrogens is 1. The molecule has 0 bridgehead atoms. The van der Waals surface area contributed by atoms with Gasteiger partial charge in [-0.2, -0.15) is 0 Å². The average Bonchev–Trinajstić information content (AvgIpc) is 2.28. The van der Waals surface area contributed by atoms with Gasteiger partial charge in [-0.05, 0) is 26.3 Å². The van der Waals surface area contributed by atoms with Crippen molar-refractivity contribution in [2.24, 2.45) is 0 Å². The quantitative estimate of drug-likeness (QED) is 0.818. The molecule has 0 spiro atoms. The second kappa shape index (κ2) is 4.96. The highest BCUT2D eigenvalue weighted by Crippen LogP contribution is 2.15. The summed E-state index contributed by atoms with van der Waals surface area (Å²) >= 11 is 0. The molecule has 0 fully saturated rings. The number of amides is 1. The van der Waals surface area contributed by atoms with E-state index in [-0.39, 0.29) is 11.4 Å². The fraction of sp³-hybridized carbons (Fsp3) is 0.500. The molecule has 0 aliphatic carbocycles. The molecule has 2 N–H and O–H groups in total. The summed E-state index contributed by atoms with van der Waals surface area (Å²) < 4.78 is 0. The van der Waals surface area contributed by atoms with Crippen molar-refractivity contribution in [2.75, 3.05) is 12.4 Å². The Balaban J connectivity index is 2.88. The lowest BCUT2D eigenvalue weighted by Gasteiger charge is -2.24. The average molecular weight is 221 g/mol. The summed E-state index contributed by atoms with van der Waals surface area (Å²) in [5, 5.41) is 5.95. The molecule has 4 heteroatoms. The minimum atomic E-state index is -0.189. The van der Waals surface area contributed by atoms with E-state index in [1.807, 2.05) is 20.8 Å². The number of pyridine rings is 1. The van der Waals surface area contributed by atoms with E-state index >= 15 is 0 Å². The molecular weight excluding hydrogens is 202 g/mol. The lowest BCUT2D eigenvalue weighted by Crippen LogP contribution is -2.42. The van der Waals surface area contributed by atoms with Crippen molar-refractivity contribution in [1.82, 2.24) is 10.3 Å². The van der Waals surface area contributed by atoms with Crippen LogP contribution in [0.15, 0.2) is 18.5 Å². The third-order valence-corrected chi connectivity index (χ3v) is 2.67. The number of rotatable bonds is 4. The zero-order valence-electron chi connectivity index (χ0n) is 10.3. The Kier molecular flexibility index (Phi) is 3.88. The SMILES string of the molecule is CCC(C)(C)NC(=O)c1ccncc1NC. The smallest absolute Gasteiger partial charge is 0.253 e. The number of carbonyl (C=O) groups excluding carboxylic acids is 1. The molecule has 88 valence electrons. The summed E-state index contributed by atoms with van der Waals surface area (Å²) in [5.74, 6) is -0.0707. The topological polar surface area (TPSA) is 54.0 Å². The first kappa shape index (κ1) is 12.5. The molecule has 16 heavy (non-hydrogen) atoms. The zero-order valence-corrected chi connectivity index (χ0v) is 10.3. The Morgan fingerprint density at radius 2 is 2.19 bits per heavy atom. The van der Waals surface area contributed by atoms with Crippen LogP contribution in [0.2, 0.25) is 0 Å². The molecule has 0 aliphatic rings. The molecule has 0 radical (unpaired) electrons. The minimum Gasteiger partial charge on any atom is -0.386 e. The lowest BCUT2D eigenvalue weighted by molar-refractivity contribution is 0.0912. The second-order valence-corrected chi connectivity index (χ2v) is 4.36. The van der Waals surface area contributed by atoms with E-state index < -0.39 is 0 Å². The summed E-state index contributed by atoms with van der Waals surface area (Å²) in [4.78, 5) is 16.0. The monoisotopic (exact) mass is 221 g/mol. The van der Waals surface area contributed by atoms with Crippen LogP contribution in [0.4, 0.5) is 5.69 Å². The Labute approximate surface area is 96.5 Å². The van der Waals surface area contributed by atoms with Crippen LogP contribution in [0.3, 0.4) is 0 Å². The maximum Gasteiger partial charge on any atom is 0.253 e. The number of anilines is 1. The van der Waals surface area contributed by atoms with Gasteiger partial charge in [0.25, 0.3) is 5.91 Å². The number of hydrogen-bond donors (Lipinski definition) is 2. The van der Waals surface area contributed by atoms with Gasteiger partial charge >= 0.3 is 0 Å². The Morgan fingerprint density at radius 3 is 2.75 bits per heavy atom. The molecular formula is C12H19N3O. The van der Waals surface area contributed by atoms with Crippen LogP contribution in [0, 0.1) is 0 Å². The Hall–Kier alpha value is -1.58. The first-order valence-electron chi connectivity index (χ1n) is 5.44. The molecule has 1 rings (SSSR count). The molecule has 0 saturated carbocycles. The van der Waals surface area contributed by atoms with Crippen LogP contribution >= 0.6 is 0 Å². The van der Waals surface area contributed by atoms with E-state index in [1.54, 1.807) is 25.5 Å². The lowest BCUT2D eigenvalue weighted by atomic mass is 10.0. The van der Waals surface area contributed by atoms with Crippen LogP contribution in [-0.2, 0) is 0 Å². The van der Waals surface area contributed by atoms with Crippen LogP contribution in [0.5, 0.6) is 0 Å². The highest BCUT2D eigenvalue weighted by Gasteiger charge is 2.20. The van der Waals surface area contributed by atoms with Crippen LogP contribution in [0.1, 0.15) is 37.6 Å². The summed E-state index contributed by atoms with van der Waals surface area (Å²) in [6, 6.07) is 1.72. The van der Waals surface area contributed by atoms with E-state index in [0.29, 0.717) is 5.56 Å². The van der Waals surface area contributed by atoms with E-state index in [4.69, 9.17) is 0 Å². The summed E-state index contributed by atoms with van der Waals surface area (Å²) in [5.41, 5.74) is 1.18. The molecule has 0 saturated heterocycles. The first-order valence-corrected chi connectivity index (χ1v) is 5.44.